The van der Waals surface area contributed by atoms with Gasteiger partial charge >= 0.3 is 0 Å². The number of carbonyl (C=O) groups is 2. The molecule has 0 aliphatic carbocycles. The van der Waals surface area contributed by atoms with Crippen molar-refractivity contribution in [2.24, 2.45) is 0 Å². The highest BCUT2D eigenvalue weighted by Crippen LogP contribution is 2.26. The van der Waals surface area contributed by atoms with Crippen molar-refractivity contribution in [1.29, 1.82) is 0 Å². The van der Waals surface area contributed by atoms with Gasteiger partial charge in [0.15, 0.2) is 0 Å². The minimum absolute atomic E-state index is 0.00423. The second-order valence-electron chi connectivity index (χ2n) is 5.67. The number of benzene rings is 2. The average molecular weight is 443 g/mol. The SMILES string of the molecule is CN(CC(=O)Nc1ccc(Cl)c(Cl)c1)C(=O)/C=C/c1ccc(Cl)c([N+](=O)[O-])c1. The fourth-order valence-corrected chi connectivity index (χ4v) is 2.62. The average Bonchev–Trinajstić information content (AvgIpc) is 2.63. The van der Waals surface area contributed by atoms with E-state index in [0.717, 1.165) is 0 Å². The number of hydrogen-bond donors (Lipinski definition) is 1. The fourth-order valence-electron chi connectivity index (χ4n) is 2.14. The zero-order chi connectivity index (χ0) is 20.8. The van der Waals surface area contributed by atoms with Crippen LogP contribution < -0.4 is 5.32 Å². The largest absolute Gasteiger partial charge is 0.333 e. The molecule has 1 N–H and O–H groups in total. The predicted molar refractivity (Wildman–Crippen MR) is 110 cm³/mol. The number of nitro benzene ring substituents is 1. The van der Waals surface area contributed by atoms with Crippen molar-refractivity contribution in [3.63, 3.8) is 0 Å². The van der Waals surface area contributed by atoms with Crippen molar-refractivity contribution in [2.45, 2.75) is 0 Å². The Morgan fingerprint density at radius 1 is 1.11 bits per heavy atom. The van der Waals surface area contributed by atoms with Gasteiger partial charge in [0.2, 0.25) is 11.8 Å². The number of nitrogens with one attached hydrogen (secondary N) is 1. The van der Waals surface area contributed by atoms with Gasteiger partial charge in [0.1, 0.15) is 5.02 Å². The summed E-state index contributed by atoms with van der Waals surface area (Å²) in [5, 5.41) is 14.2. The molecule has 0 unspecified atom stereocenters. The molecule has 2 amide bonds. The lowest BCUT2D eigenvalue weighted by Gasteiger charge is -2.15. The monoisotopic (exact) mass is 441 g/mol. The normalized spacial score (nSPS) is 10.7. The molecule has 0 heterocycles. The van der Waals surface area contributed by atoms with Crippen LogP contribution in [0.1, 0.15) is 5.56 Å². The summed E-state index contributed by atoms with van der Waals surface area (Å²) in [7, 11) is 1.45. The number of carbonyl (C=O) groups excluding carboxylic acids is 2. The topological polar surface area (TPSA) is 92.6 Å². The summed E-state index contributed by atoms with van der Waals surface area (Å²) in [5.41, 5.74) is 0.619. The van der Waals surface area contributed by atoms with Crippen molar-refractivity contribution in [2.75, 3.05) is 18.9 Å². The number of halogens is 3. The van der Waals surface area contributed by atoms with E-state index in [9.17, 15) is 19.7 Å². The Morgan fingerprint density at radius 3 is 2.43 bits per heavy atom. The molecule has 2 aromatic rings. The van der Waals surface area contributed by atoms with Gasteiger partial charge in [-0.3, -0.25) is 19.7 Å². The zero-order valence-corrected chi connectivity index (χ0v) is 16.8. The Labute approximate surface area is 175 Å². The number of likely N-dealkylation sites (N-methyl/N-ethyl adjacent to an activating group) is 1. The summed E-state index contributed by atoms with van der Waals surface area (Å²) in [6, 6.07) is 8.79. The number of nitro groups is 1. The second kappa shape index (κ2) is 9.54. The van der Waals surface area contributed by atoms with Crippen molar-refractivity contribution in [1.82, 2.24) is 4.90 Å². The molecule has 0 saturated carbocycles. The number of rotatable bonds is 6. The molecule has 2 aromatic carbocycles. The van der Waals surface area contributed by atoms with E-state index >= 15 is 0 Å². The van der Waals surface area contributed by atoms with Crippen molar-refractivity contribution >= 4 is 64.1 Å². The van der Waals surface area contributed by atoms with E-state index in [2.05, 4.69) is 5.32 Å². The Hall–Kier alpha value is -2.61. The minimum atomic E-state index is -0.610. The predicted octanol–water partition coefficient (Wildman–Crippen LogP) is 4.67. The molecule has 2 rings (SSSR count). The molecule has 28 heavy (non-hydrogen) atoms. The van der Waals surface area contributed by atoms with E-state index in [4.69, 9.17) is 34.8 Å². The van der Waals surface area contributed by atoms with Crippen LogP contribution in [-0.2, 0) is 9.59 Å². The lowest BCUT2D eigenvalue weighted by Crippen LogP contribution is -2.33. The first kappa shape index (κ1) is 21.7. The van der Waals surface area contributed by atoms with Crippen LogP contribution in [0.25, 0.3) is 6.08 Å². The Kier molecular flexibility index (Phi) is 7.39. The minimum Gasteiger partial charge on any atom is -0.333 e. The summed E-state index contributed by atoms with van der Waals surface area (Å²) < 4.78 is 0. The van der Waals surface area contributed by atoms with E-state index in [1.54, 1.807) is 12.1 Å². The van der Waals surface area contributed by atoms with Crippen LogP contribution in [-0.4, -0.2) is 35.2 Å². The van der Waals surface area contributed by atoms with Gasteiger partial charge in [-0.25, -0.2) is 0 Å². The van der Waals surface area contributed by atoms with Crippen LogP contribution in [0.15, 0.2) is 42.5 Å². The first-order valence-corrected chi connectivity index (χ1v) is 8.93. The molecule has 0 aliphatic heterocycles. The maximum Gasteiger partial charge on any atom is 0.288 e. The molecule has 0 atom stereocenters. The van der Waals surface area contributed by atoms with Crippen LogP contribution >= 0.6 is 34.8 Å². The first-order chi connectivity index (χ1) is 13.2. The molecule has 0 spiro atoms. The molecule has 0 fully saturated rings. The standard InChI is InChI=1S/C18H14Cl3N3O4/c1-23(10-17(25)22-12-4-6-13(19)15(21)9-12)18(26)7-3-11-2-5-14(20)16(8-11)24(27)28/h2-9H,10H2,1H3,(H,22,25)/b7-3+. The van der Waals surface area contributed by atoms with Crippen molar-refractivity contribution in [3.05, 3.63) is 73.2 Å². The molecule has 0 aliphatic rings. The highest BCUT2D eigenvalue weighted by Gasteiger charge is 2.13. The third kappa shape index (κ3) is 5.95. The third-order valence-corrected chi connectivity index (χ3v) is 4.60. The van der Waals surface area contributed by atoms with Crippen LogP contribution in [0.2, 0.25) is 15.1 Å². The summed E-state index contributed by atoms with van der Waals surface area (Å²) >= 11 is 17.4. The Balaban J connectivity index is 1.97. The van der Waals surface area contributed by atoms with Gasteiger partial charge in [0, 0.05) is 24.9 Å². The van der Waals surface area contributed by atoms with E-state index in [1.807, 2.05) is 0 Å². The van der Waals surface area contributed by atoms with E-state index in [0.29, 0.717) is 21.3 Å². The molecular formula is C18H14Cl3N3O4. The highest BCUT2D eigenvalue weighted by molar-refractivity contribution is 6.42. The van der Waals surface area contributed by atoms with Gasteiger partial charge in [-0.15, -0.1) is 0 Å². The van der Waals surface area contributed by atoms with Crippen molar-refractivity contribution < 1.29 is 14.5 Å². The molecular weight excluding hydrogens is 429 g/mol. The van der Waals surface area contributed by atoms with E-state index < -0.39 is 16.7 Å². The number of amides is 2. The van der Waals surface area contributed by atoms with Gasteiger partial charge in [0.25, 0.3) is 5.69 Å². The first-order valence-electron chi connectivity index (χ1n) is 7.79. The molecule has 0 bridgehead atoms. The molecule has 10 heteroatoms. The third-order valence-electron chi connectivity index (χ3n) is 3.55. The van der Waals surface area contributed by atoms with Crippen LogP contribution in [0, 0.1) is 10.1 Å². The van der Waals surface area contributed by atoms with Crippen LogP contribution in [0.5, 0.6) is 0 Å². The molecule has 146 valence electrons. The maximum atomic E-state index is 12.1. The smallest absolute Gasteiger partial charge is 0.288 e. The lowest BCUT2D eigenvalue weighted by atomic mass is 10.2. The van der Waals surface area contributed by atoms with Crippen LogP contribution in [0.4, 0.5) is 11.4 Å². The van der Waals surface area contributed by atoms with Gasteiger partial charge in [-0.05, 0) is 35.9 Å². The second-order valence-corrected chi connectivity index (χ2v) is 6.89. The number of hydrogen-bond acceptors (Lipinski definition) is 4. The molecule has 7 nitrogen and oxygen atoms in total. The van der Waals surface area contributed by atoms with Crippen molar-refractivity contribution in [3.8, 4) is 0 Å². The number of anilines is 1. The summed E-state index contributed by atoms with van der Waals surface area (Å²) in [4.78, 5) is 35.7. The molecule has 0 radical (unpaired) electrons. The summed E-state index contributed by atoms with van der Waals surface area (Å²) in [6.45, 7) is -0.204. The van der Waals surface area contributed by atoms with E-state index in [-0.39, 0.29) is 17.3 Å². The highest BCUT2D eigenvalue weighted by atomic mass is 35.5. The van der Waals surface area contributed by atoms with Gasteiger partial charge in [-0.1, -0.05) is 40.9 Å². The van der Waals surface area contributed by atoms with E-state index in [1.165, 1.54) is 48.4 Å². The van der Waals surface area contributed by atoms with Gasteiger partial charge < -0.3 is 10.2 Å². The fraction of sp³-hybridized carbons (Fsp3) is 0.111. The summed E-state index contributed by atoms with van der Waals surface area (Å²) in [5.74, 6) is -0.883. The molecule has 0 aromatic heterocycles. The lowest BCUT2D eigenvalue weighted by molar-refractivity contribution is -0.384. The Bertz CT molecular complexity index is 963. The van der Waals surface area contributed by atoms with Crippen LogP contribution in [0.3, 0.4) is 0 Å². The molecule has 0 saturated heterocycles. The number of nitrogens with zero attached hydrogens (tertiary/aromatic N) is 2. The quantitative estimate of drug-likeness (QED) is 0.400. The summed E-state index contributed by atoms with van der Waals surface area (Å²) in [6.07, 6.45) is 2.61. The van der Waals surface area contributed by atoms with Gasteiger partial charge in [0.05, 0.1) is 21.5 Å². The zero-order valence-electron chi connectivity index (χ0n) is 14.5. The maximum absolute atomic E-state index is 12.1. The van der Waals surface area contributed by atoms with Gasteiger partial charge in [-0.2, -0.15) is 0 Å². The Morgan fingerprint density at radius 2 is 1.79 bits per heavy atom.